The number of aromatic nitrogens is 2. The fourth-order valence-corrected chi connectivity index (χ4v) is 4.68. The van der Waals surface area contributed by atoms with Crippen molar-refractivity contribution in [3.63, 3.8) is 0 Å². The zero-order valence-electron chi connectivity index (χ0n) is 19.7. The molecule has 1 aliphatic rings. The van der Waals surface area contributed by atoms with E-state index in [2.05, 4.69) is 22.3 Å². The van der Waals surface area contributed by atoms with E-state index in [0.29, 0.717) is 48.0 Å². The van der Waals surface area contributed by atoms with Crippen molar-refractivity contribution in [3.05, 3.63) is 95.2 Å². The van der Waals surface area contributed by atoms with E-state index < -0.39 is 6.04 Å². The Morgan fingerprint density at radius 2 is 1.80 bits per heavy atom. The first-order chi connectivity index (χ1) is 17.1. The molecule has 2 N–H and O–H groups in total. The number of para-hydroxylation sites is 1. The molecule has 3 aromatic carbocycles. The summed E-state index contributed by atoms with van der Waals surface area (Å²) < 4.78 is 11.3. The first-order valence-electron chi connectivity index (χ1n) is 11.6. The summed E-state index contributed by atoms with van der Waals surface area (Å²) in [7, 11) is 1.60. The van der Waals surface area contributed by atoms with Gasteiger partial charge in [-0.3, -0.25) is 9.89 Å². The number of aromatic amines is 1. The van der Waals surface area contributed by atoms with Gasteiger partial charge in [-0.15, -0.1) is 0 Å². The number of phenolic OH excluding ortho intramolecular Hbond substituents is 1. The molecular formula is C28H27N3O4. The van der Waals surface area contributed by atoms with Crippen molar-refractivity contribution >= 4 is 5.91 Å². The molecule has 1 unspecified atom stereocenters. The largest absolute Gasteiger partial charge is 0.507 e. The third-order valence-corrected chi connectivity index (χ3v) is 6.31. The van der Waals surface area contributed by atoms with Gasteiger partial charge < -0.3 is 19.5 Å². The number of carbonyl (C=O) groups excluding carboxylic acids is 1. The maximum atomic E-state index is 13.6. The predicted molar refractivity (Wildman–Crippen MR) is 133 cm³/mol. The topological polar surface area (TPSA) is 87.7 Å². The smallest absolute Gasteiger partial charge is 0.273 e. The number of ether oxygens (including phenoxy) is 2. The fourth-order valence-electron chi connectivity index (χ4n) is 4.68. The second-order valence-electron chi connectivity index (χ2n) is 8.36. The van der Waals surface area contributed by atoms with E-state index in [0.717, 1.165) is 16.7 Å². The maximum absolute atomic E-state index is 13.6. The Kier molecular flexibility index (Phi) is 6.14. The molecule has 7 heteroatoms. The van der Waals surface area contributed by atoms with Crippen molar-refractivity contribution < 1.29 is 19.4 Å². The first-order valence-corrected chi connectivity index (χ1v) is 11.6. The SMILES string of the molecule is CCOc1ccc(C2c3c(-c4ccccc4O)n[nH]c3C(=O)N2CCc2ccccc2)cc1OC. The molecule has 0 saturated heterocycles. The number of benzene rings is 3. The third kappa shape index (κ3) is 4.10. The van der Waals surface area contributed by atoms with Crippen LogP contribution in [-0.4, -0.2) is 46.4 Å². The molecule has 178 valence electrons. The molecule has 7 nitrogen and oxygen atoms in total. The first kappa shape index (κ1) is 22.5. The van der Waals surface area contributed by atoms with Crippen LogP contribution in [0.2, 0.25) is 0 Å². The average molecular weight is 470 g/mol. The number of amides is 1. The standard InChI is InChI=1S/C28H27N3O4/c1-3-35-22-14-13-19(17-23(22)34-2)27-24-25(20-11-7-8-12-21(20)32)29-30-26(24)28(33)31(27)16-15-18-9-5-4-6-10-18/h4-14,17,27,32H,3,15-16H2,1-2H3,(H,29,30). The fraction of sp³-hybridized carbons (Fsp3) is 0.214. The molecule has 0 aliphatic carbocycles. The molecule has 1 aliphatic heterocycles. The summed E-state index contributed by atoms with van der Waals surface area (Å²) in [4.78, 5) is 15.4. The van der Waals surface area contributed by atoms with E-state index in [4.69, 9.17) is 9.47 Å². The van der Waals surface area contributed by atoms with E-state index in [1.165, 1.54) is 0 Å². The summed E-state index contributed by atoms with van der Waals surface area (Å²) in [6.07, 6.45) is 0.709. The highest BCUT2D eigenvalue weighted by atomic mass is 16.5. The van der Waals surface area contributed by atoms with Gasteiger partial charge in [-0.05, 0) is 48.7 Å². The molecule has 1 amide bonds. The average Bonchev–Trinajstić information content (AvgIpc) is 3.43. The van der Waals surface area contributed by atoms with Crippen LogP contribution in [0.3, 0.4) is 0 Å². The summed E-state index contributed by atoms with van der Waals surface area (Å²) in [6.45, 7) is 2.96. The Bertz CT molecular complexity index is 1350. The molecule has 35 heavy (non-hydrogen) atoms. The number of aromatic hydroxyl groups is 1. The van der Waals surface area contributed by atoms with E-state index in [1.807, 2.05) is 54.3 Å². The van der Waals surface area contributed by atoms with Crippen LogP contribution in [0.25, 0.3) is 11.3 Å². The van der Waals surface area contributed by atoms with Crippen LogP contribution in [0.1, 0.15) is 40.1 Å². The zero-order chi connectivity index (χ0) is 24.4. The molecule has 5 rings (SSSR count). The van der Waals surface area contributed by atoms with E-state index in [9.17, 15) is 9.90 Å². The van der Waals surface area contributed by atoms with Crippen LogP contribution in [0.15, 0.2) is 72.8 Å². The molecule has 1 atom stereocenters. The highest BCUT2D eigenvalue weighted by Crippen LogP contribution is 2.45. The van der Waals surface area contributed by atoms with Gasteiger partial charge in [0, 0.05) is 17.7 Å². The summed E-state index contributed by atoms with van der Waals surface area (Å²) in [5, 5.41) is 17.9. The quantitative estimate of drug-likeness (QED) is 0.380. The Balaban J connectivity index is 1.61. The second-order valence-corrected chi connectivity index (χ2v) is 8.36. The normalized spacial score (nSPS) is 14.7. The predicted octanol–water partition coefficient (Wildman–Crippen LogP) is 4.98. The maximum Gasteiger partial charge on any atom is 0.273 e. The molecule has 4 aromatic rings. The molecule has 0 fully saturated rings. The van der Waals surface area contributed by atoms with Gasteiger partial charge in [0.05, 0.1) is 19.8 Å². The number of hydrogen-bond donors (Lipinski definition) is 2. The minimum atomic E-state index is -0.404. The van der Waals surface area contributed by atoms with Gasteiger partial charge in [-0.2, -0.15) is 5.10 Å². The number of nitrogens with zero attached hydrogens (tertiary/aromatic N) is 2. The van der Waals surface area contributed by atoms with Crippen LogP contribution in [0.4, 0.5) is 0 Å². The Labute approximate surface area is 203 Å². The number of rotatable bonds is 8. The number of hydrogen-bond acceptors (Lipinski definition) is 5. The molecule has 0 radical (unpaired) electrons. The Morgan fingerprint density at radius 1 is 1.03 bits per heavy atom. The Hall–Kier alpha value is -4.26. The lowest BCUT2D eigenvalue weighted by Crippen LogP contribution is -2.31. The van der Waals surface area contributed by atoms with Gasteiger partial charge in [-0.25, -0.2) is 0 Å². The minimum absolute atomic E-state index is 0.111. The van der Waals surface area contributed by atoms with Gasteiger partial charge in [0.1, 0.15) is 17.1 Å². The number of methoxy groups -OCH3 is 1. The van der Waals surface area contributed by atoms with Crippen LogP contribution in [0, 0.1) is 0 Å². The summed E-state index contributed by atoms with van der Waals surface area (Å²) >= 11 is 0. The number of nitrogens with one attached hydrogen (secondary N) is 1. The van der Waals surface area contributed by atoms with Crippen molar-refractivity contribution in [2.24, 2.45) is 0 Å². The van der Waals surface area contributed by atoms with Crippen molar-refractivity contribution in [1.82, 2.24) is 15.1 Å². The molecule has 0 bridgehead atoms. The van der Waals surface area contributed by atoms with Crippen LogP contribution < -0.4 is 9.47 Å². The molecular weight excluding hydrogens is 442 g/mol. The van der Waals surface area contributed by atoms with E-state index in [-0.39, 0.29) is 11.7 Å². The van der Waals surface area contributed by atoms with Gasteiger partial charge in [0.25, 0.3) is 5.91 Å². The lowest BCUT2D eigenvalue weighted by atomic mass is 9.95. The van der Waals surface area contributed by atoms with Crippen molar-refractivity contribution in [1.29, 1.82) is 0 Å². The summed E-state index contributed by atoms with van der Waals surface area (Å²) in [5.74, 6) is 1.23. The number of phenols is 1. The monoisotopic (exact) mass is 469 g/mol. The molecule has 0 saturated carbocycles. The van der Waals surface area contributed by atoms with Crippen molar-refractivity contribution in [2.75, 3.05) is 20.3 Å². The molecule has 1 aromatic heterocycles. The summed E-state index contributed by atoms with van der Waals surface area (Å²) in [5.41, 5.74) is 4.35. The van der Waals surface area contributed by atoms with Crippen LogP contribution in [-0.2, 0) is 6.42 Å². The second kappa shape index (κ2) is 9.54. The van der Waals surface area contributed by atoms with E-state index >= 15 is 0 Å². The molecule has 2 heterocycles. The van der Waals surface area contributed by atoms with Crippen LogP contribution >= 0.6 is 0 Å². The van der Waals surface area contributed by atoms with Gasteiger partial charge in [0.15, 0.2) is 11.5 Å². The molecule has 0 spiro atoms. The van der Waals surface area contributed by atoms with Gasteiger partial charge in [0.2, 0.25) is 0 Å². The van der Waals surface area contributed by atoms with Crippen molar-refractivity contribution in [3.8, 4) is 28.5 Å². The number of carbonyl (C=O) groups is 1. The highest BCUT2D eigenvalue weighted by molar-refractivity contribution is 6.00. The highest BCUT2D eigenvalue weighted by Gasteiger charge is 2.42. The van der Waals surface area contributed by atoms with Gasteiger partial charge in [-0.1, -0.05) is 48.5 Å². The number of fused-ring (bicyclic) bond motifs is 1. The number of H-pyrrole nitrogens is 1. The van der Waals surface area contributed by atoms with E-state index in [1.54, 1.807) is 25.3 Å². The lowest BCUT2D eigenvalue weighted by molar-refractivity contribution is 0.0745. The van der Waals surface area contributed by atoms with Gasteiger partial charge >= 0.3 is 0 Å². The zero-order valence-corrected chi connectivity index (χ0v) is 19.7. The van der Waals surface area contributed by atoms with Crippen LogP contribution in [0.5, 0.6) is 17.2 Å². The lowest BCUT2D eigenvalue weighted by Gasteiger charge is -2.27. The van der Waals surface area contributed by atoms with Crippen molar-refractivity contribution in [2.45, 2.75) is 19.4 Å². The third-order valence-electron chi connectivity index (χ3n) is 6.31. The minimum Gasteiger partial charge on any atom is -0.507 e. The summed E-state index contributed by atoms with van der Waals surface area (Å²) in [6, 6.07) is 22.5. The Morgan fingerprint density at radius 3 is 2.54 bits per heavy atom.